The van der Waals surface area contributed by atoms with Crippen molar-refractivity contribution in [2.75, 3.05) is 10.6 Å². The number of hydrogen-bond donors (Lipinski definition) is 3. The molecule has 0 fully saturated rings. The van der Waals surface area contributed by atoms with Crippen LogP contribution in [0.1, 0.15) is 43.1 Å². The number of amides is 3. The summed E-state index contributed by atoms with van der Waals surface area (Å²) in [6.07, 6.45) is 1.84. The molecule has 10 nitrogen and oxygen atoms in total. The number of nitrogens with one attached hydrogen (secondary N) is 3. The zero-order chi connectivity index (χ0) is 24.4. The largest absolute Gasteiger partial charge is 0.328 e. The first-order chi connectivity index (χ1) is 16.2. The minimum Gasteiger partial charge on any atom is -0.328 e. The Balaban J connectivity index is 1.38. The van der Waals surface area contributed by atoms with E-state index in [2.05, 4.69) is 31.2 Å². The number of aromatic nitrogens is 5. The van der Waals surface area contributed by atoms with Gasteiger partial charge < -0.3 is 16.0 Å². The second-order valence-electron chi connectivity index (χ2n) is 8.04. The van der Waals surface area contributed by atoms with Gasteiger partial charge in [-0.25, -0.2) is 4.79 Å². The van der Waals surface area contributed by atoms with Gasteiger partial charge in [0.1, 0.15) is 6.04 Å². The van der Waals surface area contributed by atoms with Crippen molar-refractivity contribution < 1.29 is 9.59 Å². The van der Waals surface area contributed by atoms with E-state index in [1.54, 1.807) is 29.8 Å². The van der Waals surface area contributed by atoms with Gasteiger partial charge in [-0.05, 0) is 64.1 Å². The van der Waals surface area contributed by atoms with E-state index in [1.807, 2.05) is 55.6 Å². The maximum atomic E-state index is 12.7. The molecule has 0 aliphatic heterocycles. The van der Waals surface area contributed by atoms with E-state index < -0.39 is 12.1 Å². The number of urea groups is 1. The van der Waals surface area contributed by atoms with Crippen molar-refractivity contribution in [3.8, 4) is 0 Å². The number of halogens is 1. The van der Waals surface area contributed by atoms with Crippen LogP contribution in [0.4, 0.5) is 16.2 Å². The lowest BCUT2D eigenvalue weighted by Crippen LogP contribution is -2.32. The fourth-order valence-electron chi connectivity index (χ4n) is 3.66. The summed E-state index contributed by atoms with van der Waals surface area (Å²) in [5.41, 5.74) is 3.35. The van der Waals surface area contributed by atoms with Gasteiger partial charge in [0.2, 0.25) is 5.91 Å². The third kappa shape index (κ3) is 4.86. The molecule has 11 heteroatoms. The maximum absolute atomic E-state index is 12.7. The van der Waals surface area contributed by atoms with Crippen LogP contribution >= 0.6 is 11.6 Å². The number of carbonyl (C=O) groups excluding carboxylic acids is 2. The van der Waals surface area contributed by atoms with Gasteiger partial charge in [-0.1, -0.05) is 17.7 Å². The molecule has 2 unspecified atom stereocenters. The van der Waals surface area contributed by atoms with Gasteiger partial charge in [0.25, 0.3) is 0 Å². The Kier molecular flexibility index (Phi) is 6.51. The summed E-state index contributed by atoms with van der Waals surface area (Å²) in [6, 6.07) is 11.0. The Morgan fingerprint density at radius 1 is 1.03 bits per heavy atom. The lowest BCUT2D eigenvalue weighted by molar-refractivity contribution is -0.119. The van der Waals surface area contributed by atoms with Crippen molar-refractivity contribution in [1.29, 1.82) is 0 Å². The fourth-order valence-corrected chi connectivity index (χ4v) is 3.89. The second kappa shape index (κ2) is 9.52. The predicted octanol–water partition coefficient (Wildman–Crippen LogP) is 4.28. The highest BCUT2D eigenvalue weighted by atomic mass is 35.5. The van der Waals surface area contributed by atoms with E-state index >= 15 is 0 Å². The standard InChI is InChI=1S/C23H25ClN8O2/c1-13-11-14(2)32(30-13)16(4)22(33)27-19-9-8-17(12-18(19)24)26-23(34)25-15(3)21-29-28-20-7-5-6-10-31(20)21/h5-12,15-16H,1-4H3,(H,27,33)(H2,25,26,34). The van der Waals surface area contributed by atoms with Crippen LogP contribution in [-0.4, -0.2) is 36.3 Å². The summed E-state index contributed by atoms with van der Waals surface area (Å²) in [5, 5.41) is 21.3. The number of benzene rings is 1. The monoisotopic (exact) mass is 480 g/mol. The van der Waals surface area contributed by atoms with Gasteiger partial charge in [-0.3, -0.25) is 13.9 Å². The Morgan fingerprint density at radius 3 is 2.53 bits per heavy atom. The summed E-state index contributed by atoms with van der Waals surface area (Å²) in [6.45, 7) is 7.36. The molecule has 4 aromatic rings. The van der Waals surface area contributed by atoms with Gasteiger partial charge in [0.05, 0.1) is 22.4 Å². The minimum absolute atomic E-state index is 0.249. The van der Waals surface area contributed by atoms with Gasteiger partial charge in [-0.2, -0.15) is 5.10 Å². The zero-order valence-corrected chi connectivity index (χ0v) is 20.0. The first kappa shape index (κ1) is 23.2. The highest BCUT2D eigenvalue weighted by Crippen LogP contribution is 2.27. The van der Waals surface area contributed by atoms with E-state index in [1.165, 1.54) is 0 Å². The molecule has 2 atom stereocenters. The van der Waals surface area contributed by atoms with E-state index in [-0.39, 0.29) is 11.9 Å². The van der Waals surface area contributed by atoms with Gasteiger partial charge >= 0.3 is 6.03 Å². The topological polar surface area (TPSA) is 118 Å². The number of hydrogen-bond acceptors (Lipinski definition) is 5. The Bertz CT molecular complexity index is 1360. The van der Waals surface area contributed by atoms with Crippen LogP contribution in [0.5, 0.6) is 0 Å². The number of aryl methyl sites for hydroxylation is 2. The third-order valence-corrected chi connectivity index (χ3v) is 5.66. The first-order valence-electron chi connectivity index (χ1n) is 10.7. The predicted molar refractivity (Wildman–Crippen MR) is 130 cm³/mol. The summed E-state index contributed by atoms with van der Waals surface area (Å²) >= 11 is 6.36. The molecule has 0 saturated carbocycles. The molecule has 0 bridgehead atoms. The quantitative estimate of drug-likeness (QED) is 0.380. The lowest BCUT2D eigenvalue weighted by Gasteiger charge is -2.16. The van der Waals surface area contributed by atoms with Crippen molar-refractivity contribution >= 4 is 40.6 Å². The number of nitrogens with zero attached hydrogens (tertiary/aromatic N) is 5. The van der Waals surface area contributed by atoms with E-state index in [0.717, 1.165) is 11.4 Å². The van der Waals surface area contributed by atoms with Crippen LogP contribution in [0.3, 0.4) is 0 Å². The number of rotatable bonds is 6. The molecule has 0 saturated heterocycles. The summed E-state index contributed by atoms with van der Waals surface area (Å²) in [4.78, 5) is 25.2. The molecular weight excluding hydrogens is 456 g/mol. The van der Waals surface area contributed by atoms with Crippen LogP contribution in [0.15, 0.2) is 48.7 Å². The molecule has 0 spiro atoms. The Labute approximate surface area is 201 Å². The fraction of sp³-hybridized carbons (Fsp3) is 0.261. The highest BCUT2D eigenvalue weighted by molar-refractivity contribution is 6.34. The van der Waals surface area contributed by atoms with Crippen LogP contribution < -0.4 is 16.0 Å². The van der Waals surface area contributed by atoms with Gasteiger partial charge in [0, 0.05) is 17.6 Å². The van der Waals surface area contributed by atoms with Crippen molar-refractivity contribution in [2.24, 2.45) is 0 Å². The molecule has 0 radical (unpaired) electrons. The van der Waals surface area contributed by atoms with Gasteiger partial charge in [-0.15, -0.1) is 10.2 Å². The molecule has 3 N–H and O–H groups in total. The lowest BCUT2D eigenvalue weighted by atomic mass is 10.2. The van der Waals surface area contributed by atoms with Gasteiger partial charge in [0.15, 0.2) is 11.5 Å². The van der Waals surface area contributed by atoms with Crippen LogP contribution in [-0.2, 0) is 4.79 Å². The third-order valence-electron chi connectivity index (χ3n) is 5.35. The van der Waals surface area contributed by atoms with Crippen molar-refractivity contribution in [3.63, 3.8) is 0 Å². The van der Waals surface area contributed by atoms with E-state index in [0.29, 0.717) is 27.9 Å². The van der Waals surface area contributed by atoms with Crippen molar-refractivity contribution in [1.82, 2.24) is 29.7 Å². The molecule has 3 heterocycles. The number of pyridine rings is 1. The molecule has 3 aromatic heterocycles. The summed E-state index contributed by atoms with van der Waals surface area (Å²) < 4.78 is 3.48. The maximum Gasteiger partial charge on any atom is 0.319 e. The smallest absolute Gasteiger partial charge is 0.319 e. The van der Waals surface area contributed by atoms with Crippen LogP contribution in [0, 0.1) is 13.8 Å². The molecule has 1 aromatic carbocycles. The number of fused-ring (bicyclic) bond motifs is 1. The molecular formula is C23H25ClN8O2. The number of carbonyl (C=O) groups is 2. The zero-order valence-electron chi connectivity index (χ0n) is 19.2. The Morgan fingerprint density at radius 2 is 1.82 bits per heavy atom. The molecule has 34 heavy (non-hydrogen) atoms. The van der Waals surface area contributed by atoms with E-state index in [4.69, 9.17) is 11.6 Å². The van der Waals surface area contributed by atoms with Crippen LogP contribution in [0.25, 0.3) is 5.65 Å². The Hall–Kier alpha value is -3.92. The van der Waals surface area contributed by atoms with E-state index in [9.17, 15) is 9.59 Å². The molecule has 4 rings (SSSR count). The normalized spacial score (nSPS) is 12.9. The number of anilines is 2. The summed E-state index contributed by atoms with van der Waals surface area (Å²) in [5.74, 6) is 0.361. The average molecular weight is 481 g/mol. The minimum atomic E-state index is -0.511. The SMILES string of the molecule is Cc1cc(C)n(C(C)C(=O)Nc2ccc(NC(=O)NC(C)c3nnc4ccccn34)cc2Cl)n1. The van der Waals surface area contributed by atoms with Crippen LogP contribution in [0.2, 0.25) is 5.02 Å². The molecule has 0 aliphatic rings. The van der Waals surface area contributed by atoms with Crippen molar-refractivity contribution in [2.45, 2.75) is 39.8 Å². The highest BCUT2D eigenvalue weighted by Gasteiger charge is 2.20. The van der Waals surface area contributed by atoms with Crippen molar-refractivity contribution in [3.05, 3.63) is 70.9 Å². The molecule has 176 valence electrons. The average Bonchev–Trinajstić information content (AvgIpc) is 3.37. The molecule has 0 aliphatic carbocycles. The molecule has 3 amide bonds. The first-order valence-corrected chi connectivity index (χ1v) is 11.1. The second-order valence-corrected chi connectivity index (χ2v) is 8.45. The summed E-state index contributed by atoms with van der Waals surface area (Å²) in [7, 11) is 0.